The van der Waals surface area contributed by atoms with Gasteiger partial charge in [0, 0.05) is 19.1 Å². The molecule has 0 aliphatic rings. The van der Waals surface area contributed by atoms with Crippen LogP contribution in [0.25, 0.3) is 0 Å². The fraction of sp³-hybridized carbons (Fsp3) is 0.545. The van der Waals surface area contributed by atoms with E-state index >= 15 is 0 Å². The summed E-state index contributed by atoms with van der Waals surface area (Å²) in [6, 6.07) is 8.57. The highest BCUT2D eigenvalue weighted by Gasteiger charge is 2.40. The van der Waals surface area contributed by atoms with Crippen LogP contribution in [0.2, 0.25) is 0 Å². The van der Waals surface area contributed by atoms with Gasteiger partial charge in [-0.25, -0.2) is 13.2 Å². The summed E-state index contributed by atoms with van der Waals surface area (Å²) < 4.78 is 24.7. The minimum absolute atomic E-state index is 0.0130. The second kappa shape index (κ2) is 15.0. The molecule has 204 valence electrons. The van der Waals surface area contributed by atoms with Gasteiger partial charge in [-0.05, 0) is 40.1 Å². The molecule has 1 aromatic rings. The van der Waals surface area contributed by atoms with Gasteiger partial charge in [-0.3, -0.25) is 14.6 Å². The van der Waals surface area contributed by atoms with Crippen LogP contribution in [0, 0.1) is 0 Å². The van der Waals surface area contributed by atoms with E-state index in [-0.39, 0.29) is 11.8 Å². The van der Waals surface area contributed by atoms with Crippen molar-refractivity contribution in [2.24, 2.45) is 10.7 Å². The third kappa shape index (κ3) is 12.5. The Bertz CT molecular complexity index is 980. The predicted molar refractivity (Wildman–Crippen MR) is 132 cm³/mol. The molecular weight excluding hydrogens is 496 g/mol. The zero-order valence-electron chi connectivity index (χ0n) is 20.9. The normalized spacial score (nSPS) is 12.1. The predicted octanol–water partition coefficient (Wildman–Crippen LogP) is -0.201. The molecule has 14 heteroatoms. The Labute approximate surface area is 210 Å². The number of rotatable bonds is 13. The van der Waals surface area contributed by atoms with Crippen molar-refractivity contribution in [3.05, 3.63) is 30.3 Å². The standard InChI is InChI=1S/C16H28N4O2S.C6H8O7/c1-14(2)20(16(17)18-10-11-19(3)4)12-13-23(21,22)15-8-6-5-7-9-15;7-3(8)1-6(13,5(11)12)2-4(9)10/h5-9,14H,10-13H2,1-4H3,(H2,17,18);13H,1-2H2,(H,7,8)(H,9,10)(H,11,12). The molecule has 0 bridgehead atoms. The molecule has 1 rings (SSSR count). The SMILES string of the molecule is CC(C)N(CCS(=O)(=O)c1ccccc1)C(N)=NCCN(C)C.O=C(O)CC(O)(CC(=O)O)C(=O)O. The van der Waals surface area contributed by atoms with E-state index < -0.39 is 46.2 Å². The molecule has 1 aromatic carbocycles. The number of sulfone groups is 1. The lowest BCUT2D eigenvalue weighted by Gasteiger charge is -2.27. The molecule has 36 heavy (non-hydrogen) atoms. The van der Waals surface area contributed by atoms with E-state index in [0.717, 1.165) is 6.54 Å². The number of nitrogens with two attached hydrogens (primary N) is 1. The number of carboxylic acids is 3. The maximum atomic E-state index is 12.4. The average molecular weight is 533 g/mol. The molecule has 0 spiro atoms. The first kappa shape index (κ1) is 32.8. The van der Waals surface area contributed by atoms with Crippen LogP contribution in [0.15, 0.2) is 40.2 Å². The number of hydrogen-bond donors (Lipinski definition) is 5. The smallest absolute Gasteiger partial charge is 0.336 e. The lowest BCUT2D eigenvalue weighted by Crippen LogP contribution is -2.44. The van der Waals surface area contributed by atoms with Crippen molar-refractivity contribution in [3.63, 3.8) is 0 Å². The highest BCUT2D eigenvalue weighted by atomic mass is 32.2. The van der Waals surface area contributed by atoms with E-state index in [4.69, 9.17) is 26.2 Å². The molecule has 0 atom stereocenters. The minimum Gasteiger partial charge on any atom is -0.481 e. The first-order valence-corrected chi connectivity index (χ1v) is 12.6. The summed E-state index contributed by atoms with van der Waals surface area (Å²) in [6.45, 7) is 5.67. The lowest BCUT2D eigenvalue weighted by atomic mass is 9.96. The number of nitrogens with zero attached hydrogens (tertiary/aromatic N) is 3. The van der Waals surface area contributed by atoms with Crippen LogP contribution >= 0.6 is 0 Å². The first-order valence-electron chi connectivity index (χ1n) is 10.9. The molecule has 0 amide bonds. The van der Waals surface area contributed by atoms with Gasteiger partial charge in [0.15, 0.2) is 21.4 Å². The third-order valence-corrected chi connectivity index (χ3v) is 6.44. The van der Waals surface area contributed by atoms with Crippen LogP contribution < -0.4 is 5.73 Å². The van der Waals surface area contributed by atoms with Crippen molar-refractivity contribution < 1.29 is 43.2 Å². The topological polar surface area (TPSA) is 211 Å². The summed E-state index contributed by atoms with van der Waals surface area (Å²) in [7, 11) is 0.624. The fourth-order valence-electron chi connectivity index (χ4n) is 2.77. The molecule has 0 radical (unpaired) electrons. The quantitative estimate of drug-likeness (QED) is 0.165. The number of hydrogen-bond acceptors (Lipinski definition) is 8. The highest BCUT2D eigenvalue weighted by Crippen LogP contribution is 2.15. The molecule has 0 heterocycles. The van der Waals surface area contributed by atoms with Gasteiger partial charge in [-0.1, -0.05) is 18.2 Å². The summed E-state index contributed by atoms with van der Waals surface area (Å²) in [5.74, 6) is -4.61. The first-order chi connectivity index (χ1) is 16.5. The van der Waals surface area contributed by atoms with Gasteiger partial charge in [-0.15, -0.1) is 0 Å². The summed E-state index contributed by atoms with van der Waals surface area (Å²) >= 11 is 0. The Morgan fingerprint density at radius 3 is 1.89 bits per heavy atom. The fourth-order valence-corrected chi connectivity index (χ4v) is 4.02. The van der Waals surface area contributed by atoms with E-state index in [1.165, 1.54) is 0 Å². The van der Waals surface area contributed by atoms with E-state index in [2.05, 4.69) is 4.99 Å². The maximum Gasteiger partial charge on any atom is 0.336 e. The van der Waals surface area contributed by atoms with Gasteiger partial charge in [0.25, 0.3) is 0 Å². The summed E-state index contributed by atoms with van der Waals surface area (Å²) in [6.07, 6.45) is -2.29. The second-order valence-electron chi connectivity index (χ2n) is 8.44. The number of aliphatic carboxylic acids is 3. The average Bonchev–Trinajstić information content (AvgIpc) is 2.73. The van der Waals surface area contributed by atoms with Crippen molar-refractivity contribution in [1.29, 1.82) is 0 Å². The van der Waals surface area contributed by atoms with Gasteiger partial charge in [0.2, 0.25) is 0 Å². The van der Waals surface area contributed by atoms with Crippen molar-refractivity contribution in [2.45, 2.75) is 43.2 Å². The number of likely N-dealkylation sites (N-methyl/N-ethyl adjacent to an activating group) is 1. The van der Waals surface area contributed by atoms with Gasteiger partial charge in [-0.2, -0.15) is 0 Å². The van der Waals surface area contributed by atoms with E-state index in [1.807, 2.05) is 37.7 Å². The second-order valence-corrected chi connectivity index (χ2v) is 10.5. The molecule has 0 aromatic heterocycles. The summed E-state index contributed by atoms with van der Waals surface area (Å²) in [5, 5.41) is 33.8. The largest absolute Gasteiger partial charge is 0.481 e. The molecule has 0 saturated carbocycles. The van der Waals surface area contributed by atoms with Crippen LogP contribution in [-0.2, 0) is 24.2 Å². The Hall–Kier alpha value is -3.23. The van der Waals surface area contributed by atoms with Gasteiger partial charge >= 0.3 is 17.9 Å². The molecule has 0 unspecified atom stereocenters. The number of aliphatic hydroxyl groups is 1. The molecule has 6 N–H and O–H groups in total. The van der Waals surface area contributed by atoms with Crippen LogP contribution in [0.5, 0.6) is 0 Å². The van der Waals surface area contributed by atoms with Crippen LogP contribution in [-0.4, -0.2) is 114 Å². The highest BCUT2D eigenvalue weighted by molar-refractivity contribution is 7.91. The summed E-state index contributed by atoms with van der Waals surface area (Å²) in [4.78, 5) is 39.0. The molecule has 0 saturated heterocycles. The third-order valence-electron chi connectivity index (χ3n) is 4.73. The van der Waals surface area contributed by atoms with Crippen LogP contribution in [0.3, 0.4) is 0 Å². The van der Waals surface area contributed by atoms with E-state index in [1.54, 1.807) is 30.3 Å². The Morgan fingerprint density at radius 2 is 1.50 bits per heavy atom. The zero-order valence-corrected chi connectivity index (χ0v) is 21.7. The number of benzene rings is 1. The monoisotopic (exact) mass is 532 g/mol. The number of carbonyl (C=O) groups is 3. The van der Waals surface area contributed by atoms with Gasteiger partial charge in [0.1, 0.15) is 0 Å². The number of carboxylic acid groups (broad SMARTS) is 3. The number of aliphatic imine (C=N–C) groups is 1. The minimum atomic E-state index is -3.32. The van der Waals surface area contributed by atoms with E-state index in [0.29, 0.717) is 23.9 Å². The Balaban J connectivity index is 0.000000802. The summed E-state index contributed by atoms with van der Waals surface area (Å²) in [5.41, 5.74) is 3.30. The van der Waals surface area contributed by atoms with Crippen molar-refractivity contribution in [1.82, 2.24) is 9.80 Å². The number of guanidine groups is 1. The molecule has 0 aliphatic carbocycles. The molecule has 13 nitrogen and oxygen atoms in total. The zero-order chi connectivity index (χ0) is 28.1. The van der Waals surface area contributed by atoms with Gasteiger partial charge in [0.05, 0.1) is 30.0 Å². The lowest BCUT2D eigenvalue weighted by molar-refractivity contribution is -0.170. The van der Waals surface area contributed by atoms with E-state index in [9.17, 15) is 22.8 Å². The molecule has 0 aliphatic heterocycles. The molecule has 0 fully saturated rings. The maximum absolute atomic E-state index is 12.4. The molecular formula is C22H36N4O9S. The van der Waals surface area contributed by atoms with Crippen LogP contribution in [0.4, 0.5) is 0 Å². The Morgan fingerprint density at radius 1 is 1.00 bits per heavy atom. The van der Waals surface area contributed by atoms with Crippen molar-refractivity contribution in [2.75, 3.05) is 39.5 Å². The van der Waals surface area contributed by atoms with Crippen LogP contribution in [0.1, 0.15) is 26.7 Å². The van der Waals surface area contributed by atoms with Gasteiger partial charge < -0.3 is 36.0 Å². The van der Waals surface area contributed by atoms with Crippen molar-refractivity contribution >= 4 is 33.7 Å². The van der Waals surface area contributed by atoms with Crippen molar-refractivity contribution in [3.8, 4) is 0 Å². The Kier molecular flexibility index (Phi) is 13.7.